The Kier molecular flexibility index (Phi) is 6.79. The average Bonchev–Trinajstić information content (AvgIpc) is 2.52. The number of nitrogens with zero attached hydrogens (tertiary/aromatic N) is 2. The summed E-state index contributed by atoms with van der Waals surface area (Å²) in [5.74, 6) is 0.283. The summed E-state index contributed by atoms with van der Waals surface area (Å²) >= 11 is 5.81. The summed E-state index contributed by atoms with van der Waals surface area (Å²) in [5, 5.41) is 6.22. The number of pyridine rings is 1. The van der Waals surface area contributed by atoms with Crippen molar-refractivity contribution >= 4 is 23.4 Å². The number of rotatable bonds is 5. The molecule has 0 bridgehead atoms. The molecule has 2 N–H and O–H groups in total. The fourth-order valence-corrected chi connectivity index (χ4v) is 3.04. The molecule has 0 radical (unpaired) electrons. The summed E-state index contributed by atoms with van der Waals surface area (Å²) in [6, 6.07) is 5.01. The number of piperidine rings is 1. The monoisotopic (exact) mass is 366 g/mol. The van der Waals surface area contributed by atoms with Crippen LogP contribution in [0.5, 0.6) is 0 Å². The third-order valence-electron chi connectivity index (χ3n) is 4.09. The van der Waals surface area contributed by atoms with Crippen LogP contribution in [0.1, 0.15) is 44.1 Å². The first kappa shape index (κ1) is 19.7. The average molecular weight is 367 g/mol. The topological polar surface area (TPSA) is 74.3 Å². The highest BCUT2D eigenvalue weighted by Gasteiger charge is 2.23. The van der Waals surface area contributed by atoms with Crippen molar-refractivity contribution in [3.8, 4) is 0 Å². The molecule has 0 aliphatic carbocycles. The highest BCUT2D eigenvalue weighted by Crippen LogP contribution is 2.16. The van der Waals surface area contributed by atoms with Gasteiger partial charge < -0.3 is 10.6 Å². The molecule has 1 saturated heterocycles. The number of hydrogen-bond acceptors (Lipinski definition) is 4. The Labute approximate surface area is 154 Å². The zero-order valence-electron chi connectivity index (χ0n) is 15.1. The highest BCUT2D eigenvalue weighted by atomic mass is 35.5. The summed E-state index contributed by atoms with van der Waals surface area (Å²) in [7, 11) is 0. The third kappa shape index (κ3) is 7.00. The van der Waals surface area contributed by atoms with Gasteiger partial charge in [0.1, 0.15) is 10.8 Å². The van der Waals surface area contributed by atoms with Crippen molar-refractivity contribution in [3.63, 3.8) is 0 Å². The number of carbonyl (C=O) groups excluding carboxylic acids is 2. The zero-order chi connectivity index (χ0) is 18.4. The quantitative estimate of drug-likeness (QED) is 0.782. The molecule has 138 valence electrons. The summed E-state index contributed by atoms with van der Waals surface area (Å²) in [4.78, 5) is 30.2. The molecule has 0 unspecified atom stereocenters. The van der Waals surface area contributed by atoms with Gasteiger partial charge in [0.25, 0.3) is 5.91 Å². The van der Waals surface area contributed by atoms with Gasteiger partial charge in [0.05, 0.1) is 6.54 Å². The van der Waals surface area contributed by atoms with E-state index in [-0.39, 0.29) is 17.4 Å². The standard InChI is InChI=1S/C18H27ClN4O2/c1-18(2,3)22-16(24)12-23-9-7-13(8-10-23)11-20-17(25)14-5-4-6-15(19)21-14/h4-6,13H,7-12H2,1-3H3,(H,20,25)(H,22,24). The second kappa shape index (κ2) is 8.63. The molecule has 2 amide bonds. The van der Waals surface area contributed by atoms with Crippen LogP contribution in [-0.4, -0.2) is 53.4 Å². The van der Waals surface area contributed by atoms with Crippen molar-refractivity contribution in [2.75, 3.05) is 26.2 Å². The minimum absolute atomic E-state index is 0.0614. The number of amides is 2. The fraction of sp³-hybridized carbons (Fsp3) is 0.611. The van der Waals surface area contributed by atoms with E-state index in [0.717, 1.165) is 25.9 Å². The molecular weight excluding hydrogens is 340 g/mol. The first-order chi connectivity index (χ1) is 11.7. The van der Waals surface area contributed by atoms with Crippen LogP contribution < -0.4 is 10.6 Å². The summed E-state index contributed by atoms with van der Waals surface area (Å²) in [6.07, 6.45) is 1.93. The lowest BCUT2D eigenvalue weighted by atomic mass is 9.96. The van der Waals surface area contributed by atoms with Gasteiger partial charge in [-0.2, -0.15) is 0 Å². The maximum atomic E-state index is 12.1. The van der Waals surface area contributed by atoms with Gasteiger partial charge in [-0.05, 0) is 64.8 Å². The smallest absolute Gasteiger partial charge is 0.269 e. The Morgan fingerprint density at radius 2 is 1.96 bits per heavy atom. The van der Waals surface area contributed by atoms with Gasteiger partial charge in [0, 0.05) is 12.1 Å². The van der Waals surface area contributed by atoms with Crippen molar-refractivity contribution in [3.05, 3.63) is 29.0 Å². The molecule has 1 aromatic heterocycles. The van der Waals surface area contributed by atoms with Crippen LogP contribution in [0.2, 0.25) is 5.15 Å². The molecule has 1 aliphatic rings. The van der Waals surface area contributed by atoms with Crippen molar-refractivity contribution in [1.82, 2.24) is 20.5 Å². The number of likely N-dealkylation sites (tertiary alicyclic amines) is 1. The van der Waals surface area contributed by atoms with E-state index >= 15 is 0 Å². The maximum Gasteiger partial charge on any atom is 0.269 e. The molecule has 1 aliphatic heterocycles. The van der Waals surface area contributed by atoms with Crippen molar-refractivity contribution < 1.29 is 9.59 Å². The van der Waals surface area contributed by atoms with E-state index < -0.39 is 0 Å². The van der Waals surface area contributed by atoms with Crippen LogP contribution >= 0.6 is 11.6 Å². The fourth-order valence-electron chi connectivity index (χ4n) is 2.87. The molecule has 7 heteroatoms. The molecular formula is C18H27ClN4O2. The number of halogens is 1. The predicted molar refractivity (Wildman–Crippen MR) is 98.6 cm³/mol. The van der Waals surface area contributed by atoms with E-state index in [1.807, 2.05) is 20.8 Å². The second-order valence-electron chi connectivity index (χ2n) is 7.57. The van der Waals surface area contributed by atoms with Crippen molar-refractivity contribution in [2.24, 2.45) is 5.92 Å². The Bertz CT molecular complexity index is 607. The van der Waals surface area contributed by atoms with Crippen LogP contribution in [0.25, 0.3) is 0 Å². The Balaban J connectivity index is 1.70. The second-order valence-corrected chi connectivity index (χ2v) is 7.96. The van der Waals surface area contributed by atoms with E-state index in [0.29, 0.717) is 29.9 Å². The molecule has 2 heterocycles. The van der Waals surface area contributed by atoms with E-state index in [9.17, 15) is 9.59 Å². The van der Waals surface area contributed by atoms with Crippen LogP contribution in [0.3, 0.4) is 0 Å². The van der Waals surface area contributed by atoms with Crippen LogP contribution in [-0.2, 0) is 4.79 Å². The largest absolute Gasteiger partial charge is 0.350 e. The zero-order valence-corrected chi connectivity index (χ0v) is 15.9. The molecule has 25 heavy (non-hydrogen) atoms. The number of carbonyl (C=O) groups is 2. The third-order valence-corrected chi connectivity index (χ3v) is 4.30. The molecule has 0 aromatic carbocycles. The SMILES string of the molecule is CC(C)(C)NC(=O)CN1CCC(CNC(=O)c2cccc(Cl)n2)CC1. The van der Waals surface area contributed by atoms with Crippen LogP contribution in [0.4, 0.5) is 0 Å². The Morgan fingerprint density at radius 1 is 1.28 bits per heavy atom. The summed E-state index contributed by atoms with van der Waals surface area (Å²) in [6.45, 7) is 8.73. The first-order valence-corrected chi connectivity index (χ1v) is 9.05. The van der Waals surface area contributed by atoms with Crippen LogP contribution in [0, 0.1) is 5.92 Å². The van der Waals surface area contributed by atoms with Gasteiger partial charge in [-0.15, -0.1) is 0 Å². The molecule has 6 nitrogen and oxygen atoms in total. The molecule has 0 spiro atoms. The highest BCUT2D eigenvalue weighted by molar-refractivity contribution is 6.29. The summed E-state index contributed by atoms with van der Waals surface area (Å²) < 4.78 is 0. The molecule has 2 rings (SSSR count). The minimum atomic E-state index is -0.200. The number of hydrogen-bond donors (Lipinski definition) is 2. The Morgan fingerprint density at radius 3 is 2.56 bits per heavy atom. The molecule has 0 atom stereocenters. The van der Waals surface area contributed by atoms with E-state index in [1.165, 1.54) is 0 Å². The van der Waals surface area contributed by atoms with Crippen LogP contribution in [0.15, 0.2) is 18.2 Å². The van der Waals surface area contributed by atoms with Gasteiger partial charge in [-0.3, -0.25) is 14.5 Å². The molecule has 1 aromatic rings. The van der Waals surface area contributed by atoms with Gasteiger partial charge in [0.15, 0.2) is 0 Å². The van der Waals surface area contributed by atoms with Crippen molar-refractivity contribution in [2.45, 2.75) is 39.2 Å². The van der Waals surface area contributed by atoms with E-state index in [1.54, 1.807) is 18.2 Å². The lowest BCUT2D eigenvalue weighted by Gasteiger charge is -2.32. The van der Waals surface area contributed by atoms with Gasteiger partial charge >= 0.3 is 0 Å². The first-order valence-electron chi connectivity index (χ1n) is 8.67. The van der Waals surface area contributed by atoms with Crippen molar-refractivity contribution in [1.29, 1.82) is 0 Å². The number of aromatic nitrogens is 1. The summed E-state index contributed by atoms with van der Waals surface area (Å²) in [5.41, 5.74) is 0.137. The molecule has 0 saturated carbocycles. The maximum absolute atomic E-state index is 12.1. The molecule has 1 fully saturated rings. The lowest BCUT2D eigenvalue weighted by Crippen LogP contribution is -2.48. The minimum Gasteiger partial charge on any atom is -0.350 e. The predicted octanol–water partition coefficient (Wildman–Crippen LogP) is 2.09. The normalized spacial score (nSPS) is 16.5. The van der Waals surface area contributed by atoms with Gasteiger partial charge in [-0.25, -0.2) is 4.98 Å². The lowest BCUT2D eigenvalue weighted by molar-refractivity contribution is -0.124. The van der Waals surface area contributed by atoms with Gasteiger partial charge in [-0.1, -0.05) is 17.7 Å². The van der Waals surface area contributed by atoms with E-state index in [2.05, 4.69) is 20.5 Å². The number of nitrogens with one attached hydrogen (secondary N) is 2. The van der Waals surface area contributed by atoms with Gasteiger partial charge in [0.2, 0.25) is 5.91 Å². The Hall–Kier alpha value is -1.66. The van der Waals surface area contributed by atoms with E-state index in [4.69, 9.17) is 11.6 Å².